The first kappa shape index (κ1) is 21.4. The smallest absolute Gasteiger partial charge is 0.248 e. The molecule has 1 fully saturated rings. The Labute approximate surface area is 180 Å². The van der Waals surface area contributed by atoms with Crippen molar-refractivity contribution in [1.82, 2.24) is 4.90 Å². The third kappa shape index (κ3) is 2.89. The minimum atomic E-state index is -2.00. The van der Waals surface area contributed by atoms with E-state index in [0.717, 1.165) is 11.1 Å². The number of phenols is 1. The molecule has 1 saturated carbocycles. The highest BCUT2D eigenvalue weighted by molar-refractivity contribution is 6.10. The molecule has 1 amide bonds. The molecule has 0 saturated heterocycles. The van der Waals surface area contributed by atoms with Crippen LogP contribution in [-0.4, -0.2) is 62.8 Å². The number of aryl methyl sites for hydroxylation is 1. The summed E-state index contributed by atoms with van der Waals surface area (Å²) in [7, 11) is 3.39. The Morgan fingerprint density at radius 1 is 1.26 bits per heavy atom. The van der Waals surface area contributed by atoms with Crippen molar-refractivity contribution in [3.8, 4) is 5.75 Å². The molecular weight excluding hydrogens is 400 g/mol. The molecule has 0 heterocycles. The summed E-state index contributed by atoms with van der Waals surface area (Å²) in [6.45, 7) is 1.98. The number of nitrogens with two attached hydrogens (primary N) is 1. The Balaban J connectivity index is 1.91. The van der Waals surface area contributed by atoms with E-state index >= 15 is 0 Å². The molecule has 1 aromatic rings. The average Bonchev–Trinajstić information content (AvgIpc) is 2.69. The minimum absolute atomic E-state index is 0.0671. The van der Waals surface area contributed by atoms with Gasteiger partial charge in [0.25, 0.3) is 0 Å². The quantitative estimate of drug-likeness (QED) is 0.489. The summed E-state index contributed by atoms with van der Waals surface area (Å²) in [5.41, 5.74) is 5.31. The van der Waals surface area contributed by atoms with E-state index in [-0.39, 0.29) is 39.9 Å². The maximum absolute atomic E-state index is 13.6. The topological polar surface area (TPSA) is 144 Å². The average molecular weight is 428 g/mol. The van der Waals surface area contributed by atoms with Gasteiger partial charge in [-0.05, 0) is 56.5 Å². The molecule has 0 radical (unpaired) electrons. The number of likely N-dealkylation sites (N-methyl/N-ethyl adjacent to an activating group) is 1. The van der Waals surface area contributed by atoms with E-state index in [2.05, 4.69) is 0 Å². The first-order valence-electron chi connectivity index (χ1n) is 10.5. The second kappa shape index (κ2) is 7.10. The highest BCUT2D eigenvalue weighted by atomic mass is 16.3. The Morgan fingerprint density at radius 2 is 1.94 bits per heavy atom. The first-order chi connectivity index (χ1) is 14.5. The van der Waals surface area contributed by atoms with Gasteiger partial charge < -0.3 is 26.2 Å². The number of aliphatic hydroxyl groups is 3. The van der Waals surface area contributed by atoms with Gasteiger partial charge >= 0.3 is 0 Å². The summed E-state index contributed by atoms with van der Waals surface area (Å²) in [4.78, 5) is 27.2. The molecule has 8 heteroatoms. The number of fused-ring (bicyclic) bond motifs is 3. The largest absolute Gasteiger partial charge is 0.510 e. The summed E-state index contributed by atoms with van der Waals surface area (Å²) in [6.07, 6.45) is 1.03. The minimum Gasteiger partial charge on any atom is -0.510 e. The van der Waals surface area contributed by atoms with Crippen LogP contribution in [0.1, 0.15) is 36.5 Å². The Hall–Kier alpha value is -2.84. The fourth-order valence-electron chi connectivity index (χ4n) is 5.73. The van der Waals surface area contributed by atoms with Crippen molar-refractivity contribution in [1.29, 1.82) is 0 Å². The van der Waals surface area contributed by atoms with Gasteiger partial charge in [-0.25, -0.2) is 0 Å². The van der Waals surface area contributed by atoms with E-state index in [1.807, 2.05) is 13.0 Å². The third-order valence-electron chi connectivity index (χ3n) is 7.18. The van der Waals surface area contributed by atoms with Crippen LogP contribution >= 0.6 is 0 Å². The molecule has 1 aromatic carbocycles. The standard InChI is InChI=1S/C23H28N2O6/c1-4-10-5-6-15(26)17-12(10)7-11-8-14-18(25(2)3)19(27)13(22(24)30)9-23(14,31)21(29)16(11)20(17)28/h5-6,11,14,18,26-28,31H,4,7-9H2,1-3H3,(H2,24,30). The van der Waals surface area contributed by atoms with E-state index in [9.17, 15) is 30.0 Å². The number of aromatic hydroxyl groups is 1. The summed E-state index contributed by atoms with van der Waals surface area (Å²) in [5, 5.41) is 43.8. The molecule has 0 aliphatic heterocycles. The van der Waals surface area contributed by atoms with Crippen LogP contribution in [0.15, 0.2) is 29.0 Å². The molecule has 4 rings (SSSR count). The van der Waals surface area contributed by atoms with E-state index in [0.29, 0.717) is 19.3 Å². The predicted octanol–water partition coefficient (Wildman–Crippen LogP) is 1.35. The Morgan fingerprint density at radius 3 is 2.52 bits per heavy atom. The number of Topliss-reactive ketones (excluding diaryl/α,β-unsaturated/α-hetero) is 1. The zero-order valence-corrected chi connectivity index (χ0v) is 17.8. The fraction of sp³-hybridized carbons (Fsp3) is 0.478. The molecule has 0 spiro atoms. The Bertz CT molecular complexity index is 1060. The van der Waals surface area contributed by atoms with Crippen LogP contribution in [0.25, 0.3) is 5.76 Å². The van der Waals surface area contributed by atoms with Crippen molar-refractivity contribution >= 4 is 17.4 Å². The van der Waals surface area contributed by atoms with Crippen LogP contribution in [0.4, 0.5) is 0 Å². The van der Waals surface area contributed by atoms with E-state index in [1.165, 1.54) is 6.07 Å². The number of carbonyl (C=O) groups excluding carboxylic acids is 2. The summed E-state index contributed by atoms with van der Waals surface area (Å²) < 4.78 is 0. The molecule has 4 atom stereocenters. The van der Waals surface area contributed by atoms with Crippen LogP contribution in [0.5, 0.6) is 5.75 Å². The van der Waals surface area contributed by atoms with Crippen molar-refractivity contribution in [3.63, 3.8) is 0 Å². The van der Waals surface area contributed by atoms with Crippen LogP contribution in [0, 0.1) is 11.8 Å². The van der Waals surface area contributed by atoms with Crippen LogP contribution < -0.4 is 5.73 Å². The number of rotatable bonds is 3. The lowest BCUT2D eigenvalue weighted by atomic mass is 9.57. The predicted molar refractivity (Wildman–Crippen MR) is 113 cm³/mol. The van der Waals surface area contributed by atoms with Gasteiger partial charge in [0.2, 0.25) is 5.91 Å². The second-order valence-electron chi connectivity index (χ2n) is 9.02. The number of carbonyl (C=O) groups is 2. The Kier molecular flexibility index (Phi) is 4.90. The molecule has 4 unspecified atom stereocenters. The van der Waals surface area contributed by atoms with E-state index in [4.69, 9.17) is 5.73 Å². The normalized spacial score (nSPS) is 30.2. The number of benzene rings is 1. The molecule has 166 valence electrons. The number of amides is 1. The lowest BCUT2D eigenvalue weighted by molar-refractivity contribution is -0.151. The highest BCUT2D eigenvalue weighted by Gasteiger charge is 2.60. The van der Waals surface area contributed by atoms with Gasteiger partial charge in [0.05, 0.1) is 17.2 Å². The monoisotopic (exact) mass is 428 g/mol. The number of phenolic OH excluding ortho intramolecular Hbond substituents is 1. The van der Waals surface area contributed by atoms with Gasteiger partial charge in [0, 0.05) is 17.9 Å². The SMILES string of the molecule is CCc1ccc(O)c2c1CC1CC3C(N(C)C)C(O)=C(C(N)=O)CC3(O)C(=O)C1=C2O. The van der Waals surface area contributed by atoms with Crippen LogP contribution in [-0.2, 0) is 22.4 Å². The van der Waals surface area contributed by atoms with Crippen molar-refractivity contribution in [3.05, 3.63) is 45.7 Å². The molecule has 3 aliphatic carbocycles. The number of aliphatic hydroxyl groups excluding tert-OH is 2. The molecule has 3 aliphatic rings. The van der Waals surface area contributed by atoms with Gasteiger partial charge in [-0.3, -0.25) is 14.5 Å². The summed E-state index contributed by atoms with van der Waals surface area (Å²) in [6, 6.07) is 2.53. The number of nitrogens with zero attached hydrogens (tertiary/aromatic N) is 1. The van der Waals surface area contributed by atoms with Crippen LogP contribution in [0.3, 0.4) is 0 Å². The number of primary amides is 1. The van der Waals surface area contributed by atoms with Crippen molar-refractivity contribution < 1.29 is 30.0 Å². The fourth-order valence-corrected chi connectivity index (χ4v) is 5.73. The van der Waals surface area contributed by atoms with Gasteiger partial charge in [0.15, 0.2) is 5.78 Å². The molecule has 8 nitrogen and oxygen atoms in total. The maximum Gasteiger partial charge on any atom is 0.248 e. The zero-order valence-electron chi connectivity index (χ0n) is 17.8. The van der Waals surface area contributed by atoms with E-state index < -0.39 is 35.7 Å². The lowest BCUT2D eigenvalue weighted by Crippen LogP contribution is -2.62. The van der Waals surface area contributed by atoms with Gasteiger partial charge in [-0.15, -0.1) is 0 Å². The maximum atomic E-state index is 13.6. The summed E-state index contributed by atoms with van der Waals surface area (Å²) in [5.74, 6) is -3.33. The van der Waals surface area contributed by atoms with Gasteiger partial charge in [-0.1, -0.05) is 13.0 Å². The summed E-state index contributed by atoms with van der Waals surface area (Å²) >= 11 is 0. The zero-order chi connectivity index (χ0) is 22.8. The van der Waals surface area contributed by atoms with Gasteiger partial charge in [-0.2, -0.15) is 0 Å². The highest BCUT2D eigenvalue weighted by Crippen LogP contribution is 2.53. The van der Waals surface area contributed by atoms with Crippen molar-refractivity contribution in [2.45, 2.75) is 44.2 Å². The number of hydrogen-bond donors (Lipinski definition) is 5. The lowest BCUT2D eigenvalue weighted by Gasteiger charge is -2.51. The van der Waals surface area contributed by atoms with Crippen molar-refractivity contribution in [2.75, 3.05) is 14.1 Å². The van der Waals surface area contributed by atoms with E-state index in [1.54, 1.807) is 19.0 Å². The molecule has 31 heavy (non-hydrogen) atoms. The second-order valence-corrected chi connectivity index (χ2v) is 9.02. The third-order valence-corrected chi connectivity index (χ3v) is 7.18. The van der Waals surface area contributed by atoms with Crippen molar-refractivity contribution in [2.24, 2.45) is 17.6 Å². The van der Waals surface area contributed by atoms with Crippen LogP contribution in [0.2, 0.25) is 0 Å². The molecule has 0 aromatic heterocycles. The molecule has 6 N–H and O–H groups in total. The first-order valence-corrected chi connectivity index (χ1v) is 10.5. The van der Waals surface area contributed by atoms with Gasteiger partial charge in [0.1, 0.15) is 22.9 Å². The number of ketones is 1. The molecular formula is C23H28N2O6. The molecule has 0 bridgehead atoms. The number of hydrogen-bond acceptors (Lipinski definition) is 7.